The van der Waals surface area contributed by atoms with Gasteiger partial charge < -0.3 is 15.4 Å². The molecule has 1 fully saturated rings. The predicted octanol–water partition coefficient (Wildman–Crippen LogP) is 2.30. The van der Waals surface area contributed by atoms with Gasteiger partial charge in [-0.1, -0.05) is 24.1 Å². The third-order valence-electron chi connectivity index (χ3n) is 3.97. The van der Waals surface area contributed by atoms with Crippen molar-refractivity contribution in [2.24, 2.45) is 11.7 Å². The number of ether oxygens (including phenoxy) is 1. The van der Waals surface area contributed by atoms with E-state index < -0.39 is 0 Å². The molecule has 2 unspecified atom stereocenters. The number of nitrogens with zero attached hydrogens (tertiary/aromatic N) is 1. The largest absolute Gasteiger partial charge is 0.484 e. The average molecular weight is 297 g/mol. The van der Waals surface area contributed by atoms with Crippen LogP contribution in [-0.2, 0) is 4.79 Å². The highest BCUT2D eigenvalue weighted by molar-refractivity contribution is 6.30. The highest BCUT2D eigenvalue weighted by Crippen LogP contribution is 2.28. The number of hydrogen-bond donors (Lipinski definition) is 1. The number of rotatable bonds is 5. The van der Waals surface area contributed by atoms with Crippen LogP contribution in [-0.4, -0.2) is 37.0 Å². The van der Waals surface area contributed by atoms with Crippen LogP contribution in [0.15, 0.2) is 24.3 Å². The van der Waals surface area contributed by atoms with Gasteiger partial charge in [0, 0.05) is 18.1 Å². The Bertz CT molecular complexity index is 467. The standard InChI is InChI=1S/C15H21ClN2O2/c1-18(14-7-2-4-11(14)9-17)15(19)10-20-13-6-3-5-12(16)8-13/h3,5-6,8,11,14H,2,4,7,9-10,17H2,1H3. The molecule has 0 bridgehead atoms. The SMILES string of the molecule is CN(C(=O)COc1cccc(Cl)c1)C1CCCC1CN. The monoisotopic (exact) mass is 296 g/mol. The number of halogens is 1. The van der Waals surface area contributed by atoms with Crippen molar-refractivity contribution in [3.05, 3.63) is 29.3 Å². The van der Waals surface area contributed by atoms with Crippen molar-refractivity contribution in [3.63, 3.8) is 0 Å². The molecular formula is C15H21ClN2O2. The maximum Gasteiger partial charge on any atom is 0.260 e. The minimum Gasteiger partial charge on any atom is -0.484 e. The molecule has 0 aliphatic heterocycles. The van der Waals surface area contributed by atoms with E-state index in [1.54, 1.807) is 29.2 Å². The summed E-state index contributed by atoms with van der Waals surface area (Å²) in [5.74, 6) is 1.01. The number of amides is 1. The summed E-state index contributed by atoms with van der Waals surface area (Å²) < 4.78 is 5.49. The Kier molecular flexibility index (Phi) is 5.26. The topological polar surface area (TPSA) is 55.6 Å². The zero-order valence-corrected chi connectivity index (χ0v) is 12.5. The van der Waals surface area contributed by atoms with E-state index in [0.29, 0.717) is 23.2 Å². The Balaban J connectivity index is 1.88. The van der Waals surface area contributed by atoms with E-state index in [4.69, 9.17) is 22.1 Å². The molecule has 0 spiro atoms. The molecule has 1 aromatic rings. The van der Waals surface area contributed by atoms with Crippen molar-refractivity contribution < 1.29 is 9.53 Å². The fourth-order valence-corrected chi connectivity index (χ4v) is 2.97. The number of carbonyl (C=O) groups excluding carboxylic acids is 1. The third kappa shape index (κ3) is 3.64. The Labute approximate surface area is 124 Å². The van der Waals surface area contributed by atoms with Crippen molar-refractivity contribution in [2.75, 3.05) is 20.2 Å². The summed E-state index contributed by atoms with van der Waals surface area (Å²) in [6.07, 6.45) is 3.27. The number of carbonyl (C=O) groups is 1. The maximum absolute atomic E-state index is 12.2. The Morgan fingerprint density at radius 2 is 2.30 bits per heavy atom. The first-order valence-electron chi connectivity index (χ1n) is 6.96. The minimum atomic E-state index is -0.0182. The highest BCUT2D eigenvalue weighted by Gasteiger charge is 2.31. The Morgan fingerprint density at radius 1 is 1.50 bits per heavy atom. The van der Waals surface area contributed by atoms with Crippen LogP contribution in [0.4, 0.5) is 0 Å². The van der Waals surface area contributed by atoms with Crippen LogP contribution in [0.5, 0.6) is 5.75 Å². The summed E-state index contributed by atoms with van der Waals surface area (Å²) in [7, 11) is 1.84. The van der Waals surface area contributed by atoms with Gasteiger partial charge in [0.2, 0.25) is 0 Å². The lowest BCUT2D eigenvalue weighted by Gasteiger charge is -2.29. The smallest absolute Gasteiger partial charge is 0.260 e. The molecule has 4 nitrogen and oxygen atoms in total. The second kappa shape index (κ2) is 6.95. The van der Waals surface area contributed by atoms with Crippen LogP contribution in [0.1, 0.15) is 19.3 Å². The predicted molar refractivity (Wildman–Crippen MR) is 79.9 cm³/mol. The molecular weight excluding hydrogens is 276 g/mol. The summed E-state index contributed by atoms with van der Waals surface area (Å²) in [5.41, 5.74) is 5.76. The van der Waals surface area contributed by atoms with Gasteiger partial charge in [0.1, 0.15) is 5.75 Å². The molecule has 20 heavy (non-hydrogen) atoms. The molecule has 1 aliphatic carbocycles. The lowest BCUT2D eigenvalue weighted by atomic mass is 10.0. The minimum absolute atomic E-state index is 0.0182. The lowest BCUT2D eigenvalue weighted by Crippen LogP contribution is -2.43. The van der Waals surface area contributed by atoms with Crippen LogP contribution >= 0.6 is 11.6 Å². The Morgan fingerprint density at radius 3 is 3.00 bits per heavy atom. The van der Waals surface area contributed by atoms with Gasteiger partial charge in [0.25, 0.3) is 5.91 Å². The van der Waals surface area contributed by atoms with Crippen LogP contribution in [0, 0.1) is 5.92 Å². The van der Waals surface area contributed by atoms with E-state index >= 15 is 0 Å². The van der Waals surface area contributed by atoms with Crippen LogP contribution in [0.3, 0.4) is 0 Å². The lowest BCUT2D eigenvalue weighted by molar-refractivity contribution is -0.134. The van der Waals surface area contributed by atoms with Gasteiger partial charge in [0.05, 0.1) is 0 Å². The number of hydrogen-bond acceptors (Lipinski definition) is 3. The van der Waals surface area contributed by atoms with Crippen molar-refractivity contribution in [1.82, 2.24) is 4.90 Å². The van der Waals surface area contributed by atoms with Gasteiger partial charge in [-0.3, -0.25) is 4.79 Å². The van der Waals surface area contributed by atoms with Crippen molar-refractivity contribution >= 4 is 17.5 Å². The molecule has 2 rings (SSSR count). The van der Waals surface area contributed by atoms with Gasteiger partial charge in [-0.25, -0.2) is 0 Å². The zero-order chi connectivity index (χ0) is 14.5. The zero-order valence-electron chi connectivity index (χ0n) is 11.7. The summed E-state index contributed by atoms with van der Waals surface area (Å²) in [5, 5.41) is 0.599. The molecule has 0 heterocycles. The van der Waals surface area contributed by atoms with Crippen molar-refractivity contribution in [3.8, 4) is 5.75 Å². The molecule has 0 saturated heterocycles. The van der Waals surface area contributed by atoms with E-state index in [1.807, 2.05) is 7.05 Å². The first-order chi connectivity index (χ1) is 9.61. The number of nitrogens with two attached hydrogens (primary N) is 1. The first-order valence-corrected chi connectivity index (χ1v) is 7.33. The summed E-state index contributed by atoms with van der Waals surface area (Å²) in [6.45, 7) is 0.669. The number of likely N-dealkylation sites (N-methyl/N-ethyl adjacent to an activating group) is 1. The van der Waals surface area contributed by atoms with Crippen molar-refractivity contribution in [1.29, 1.82) is 0 Å². The Hall–Kier alpha value is -1.26. The van der Waals surface area contributed by atoms with E-state index in [9.17, 15) is 4.79 Å². The molecule has 1 aliphatic rings. The fourth-order valence-electron chi connectivity index (χ4n) is 2.79. The normalized spacial score (nSPS) is 21.8. The summed E-state index contributed by atoms with van der Waals surface area (Å²) in [6, 6.07) is 7.31. The summed E-state index contributed by atoms with van der Waals surface area (Å²) in [4.78, 5) is 14.0. The maximum atomic E-state index is 12.2. The van der Waals surface area contributed by atoms with E-state index in [-0.39, 0.29) is 18.6 Å². The van der Waals surface area contributed by atoms with E-state index in [1.165, 1.54) is 0 Å². The molecule has 110 valence electrons. The molecule has 1 saturated carbocycles. The molecule has 2 atom stereocenters. The molecule has 2 N–H and O–H groups in total. The molecule has 1 aromatic carbocycles. The quantitative estimate of drug-likeness (QED) is 0.907. The van der Waals surface area contributed by atoms with Crippen LogP contribution < -0.4 is 10.5 Å². The first kappa shape index (κ1) is 15.1. The van der Waals surface area contributed by atoms with Gasteiger partial charge in [-0.05, 0) is 43.5 Å². The molecule has 1 amide bonds. The van der Waals surface area contributed by atoms with Gasteiger partial charge in [-0.15, -0.1) is 0 Å². The van der Waals surface area contributed by atoms with Gasteiger partial charge in [-0.2, -0.15) is 0 Å². The van der Waals surface area contributed by atoms with Crippen molar-refractivity contribution in [2.45, 2.75) is 25.3 Å². The number of benzene rings is 1. The van der Waals surface area contributed by atoms with E-state index in [0.717, 1.165) is 19.3 Å². The molecule has 0 radical (unpaired) electrons. The highest BCUT2D eigenvalue weighted by atomic mass is 35.5. The second-order valence-electron chi connectivity index (χ2n) is 5.24. The van der Waals surface area contributed by atoms with Gasteiger partial charge in [0.15, 0.2) is 6.61 Å². The third-order valence-corrected chi connectivity index (χ3v) is 4.21. The second-order valence-corrected chi connectivity index (χ2v) is 5.68. The fraction of sp³-hybridized carbons (Fsp3) is 0.533. The van der Waals surface area contributed by atoms with Crippen LogP contribution in [0.25, 0.3) is 0 Å². The molecule has 5 heteroatoms. The molecule has 0 aromatic heterocycles. The van der Waals surface area contributed by atoms with Crippen LogP contribution in [0.2, 0.25) is 5.02 Å². The van der Waals surface area contributed by atoms with Gasteiger partial charge >= 0.3 is 0 Å². The summed E-state index contributed by atoms with van der Waals surface area (Å²) >= 11 is 5.87. The average Bonchev–Trinajstić information content (AvgIpc) is 2.92. The van der Waals surface area contributed by atoms with E-state index in [2.05, 4.69) is 0 Å².